The van der Waals surface area contributed by atoms with E-state index in [9.17, 15) is 4.79 Å². The number of carbonyl (C=O) groups excluding carboxylic acids is 1. The van der Waals surface area contributed by atoms with Crippen molar-refractivity contribution in [2.75, 3.05) is 5.32 Å². The van der Waals surface area contributed by atoms with Crippen LogP contribution in [0.15, 0.2) is 48.9 Å². The zero-order valence-corrected chi connectivity index (χ0v) is 12.7. The summed E-state index contributed by atoms with van der Waals surface area (Å²) in [6.07, 6.45) is 4.95. The van der Waals surface area contributed by atoms with Crippen LogP contribution in [0, 0.1) is 0 Å². The summed E-state index contributed by atoms with van der Waals surface area (Å²) in [5.41, 5.74) is 1.46. The number of nitrogens with zero attached hydrogens (tertiary/aromatic N) is 4. The molecule has 7 heteroatoms. The molecule has 3 aromatic rings. The molecule has 0 aliphatic rings. The lowest BCUT2D eigenvalue weighted by Gasteiger charge is -2.04. The van der Waals surface area contributed by atoms with Crippen LogP contribution in [0.4, 0.5) is 5.82 Å². The van der Waals surface area contributed by atoms with E-state index in [1.54, 1.807) is 34.9 Å². The minimum Gasteiger partial charge on any atom is -0.305 e. The van der Waals surface area contributed by atoms with Crippen molar-refractivity contribution in [2.24, 2.45) is 7.05 Å². The summed E-state index contributed by atoms with van der Waals surface area (Å²) < 4.78 is 3.30. The normalized spacial score (nSPS) is 10.6. The molecular weight excluding hydrogens is 302 g/mol. The number of aromatic nitrogens is 4. The van der Waals surface area contributed by atoms with E-state index in [-0.39, 0.29) is 5.91 Å². The SMILES string of the molecule is Cn1cc(C(=O)Nc2ccn(Cc3ccccc3Cl)n2)cn1. The van der Waals surface area contributed by atoms with Crippen LogP contribution < -0.4 is 5.32 Å². The Morgan fingerprint density at radius 1 is 1.32 bits per heavy atom. The summed E-state index contributed by atoms with van der Waals surface area (Å²) in [4.78, 5) is 12.0. The van der Waals surface area contributed by atoms with Gasteiger partial charge in [0.25, 0.3) is 5.91 Å². The zero-order chi connectivity index (χ0) is 15.5. The fourth-order valence-electron chi connectivity index (χ4n) is 2.04. The van der Waals surface area contributed by atoms with Crippen LogP contribution in [-0.2, 0) is 13.6 Å². The molecule has 2 aromatic heterocycles. The maximum atomic E-state index is 12.0. The van der Waals surface area contributed by atoms with Crippen LogP contribution in [0.5, 0.6) is 0 Å². The zero-order valence-electron chi connectivity index (χ0n) is 11.9. The third kappa shape index (κ3) is 3.17. The van der Waals surface area contributed by atoms with E-state index in [2.05, 4.69) is 15.5 Å². The van der Waals surface area contributed by atoms with Gasteiger partial charge in [0.2, 0.25) is 0 Å². The van der Waals surface area contributed by atoms with E-state index in [0.717, 1.165) is 5.56 Å². The first-order chi connectivity index (χ1) is 10.6. The highest BCUT2D eigenvalue weighted by atomic mass is 35.5. The third-order valence-electron chi connectivity index (χ3n) is 3.14. The predicted molar refractivity (Wildman–Crippen MR) is 83.9 cm³/mol. The molecule has 22 heavy (non-hydrogen) atoms. The first-order valence-corrected chi connectivity index (χ1v) is 7.06. The van der Waals surface area contributed by atoms with Crippen molar-refractivity contribution in [1.29, 1.82) is 0 Å². The van der Waals surface area contributed by atoms with Gasteiger partial charge >= 0.3 is 0 Å². The molecule has 1 amide bonds. The van der Waals surface area contributed by atoms with Gasteiger partial charge in [-0.25, -0.2) is 0 Å². The third-order valence-corrected chi connectivity index (χ3v) is 3.51. The highest BCUT2D eigenvalue weighted by molar-refractivity contribution is 6.31. The van der Waals surface area contributed by atoms with Crippen molar-refractivity contribution >= 4 is 23.3 Å². The largest absolute Gasteiger partial charge is 0.305 e. The number of carbonyl (C=O) groups is 1. The van der Waals surface area contributed by atoms with Crippen LogP contribution in [-0.4, -0.2) is 25.5 Å². The Bertz CT molecular complexity index is 808. The Labute approximate surface area is 132 Å². The van der Waals surface area contributed by atoms with Gasteiger partial charge in [0.05, 0.1) is 18.3 Å². The van der Waals surface area contributed by atoms with Crippen LogP contribution >= 0.6 is 11.6 Å². The van der Waals surface area contributed by atoms with E-state index >= 15 is 0 Å². The second-order valence-electron chi connectivity index (χ2n) is 4.85. The molecule has 0 atom stereocenters. The summed E-state index contributed by atoms with van der Waals surface area (Å²) in [6, 6.07) is 9.33. The number of amides is 1. The predicted octanol–water partition coefficient (Wildman–Crippen LogP) is 2.57. The van der Waals surface area contributed by atoms with E-state index < -0.39 is 0 Å². The Kier molecular flexibility index (Phi) is 3.93. The van der Waals surface area contributed by atoms with Crippen LogP contribution in [0.3, 0.4) is 0 Å². The van der Waals surface area contributed by atoms with Crippen LogP contribution in [0.1, 0.15) is 15.9 Å². The van der Waals surface area contributed by atoms with Crippen molar-refractivity contribution in [1.82, 2.24) is 19.6 Å². The van der Waals surface area contributed by atoms with Crippen molar-refractivity contribution in [3.05, 3.63) is 65.1 Å². The van der Waals surface area contributed by atoms with E-state index in [1.807, 2.05) is 24.3 Å². The standard InChI is InChI=1S/C15H14ClN5O/c1-20-9-12(8-17-20)15(22)18-14-6-7-21(19-14)10-11-4-2-3-5-13(11)16/h2-9H,10H2,1H3,(H,18,19,22). The molecule has 0 fully saturated rings. The number of rotatable bonds is 4. The van der Waals surface area contributed by atoms with Gasteiger partial charge in [-0.1, -0.05) is 29.8 Å². The van der Waals surface area contributed by atoms with Crippen molar-refractivity contribution in [2.45, 2.75) is 6.54 Å². The first kappa shape index (κ1) is 14.3. The Morgan fingerprint density at radius 3 is 2.86 bits per heavy atom. The molecule has 0 bridgehead atoms. The second-order valence-corrected chi connectivity index (χ2v) is 5.25. The molecule has 0 saturated heterocycles. The molecule has 0 aliphatic heterocycles. The van der Waals surface area contributed by atoms with Crippen LogP contribution in [0.2, 0.25) is 5.02 Å². The molecule has 0 aliphatic carbocycles. The van der Waals surface area contributed by atoms with Gasteiger partial charge in [0.15, 0.2) is 5.82 Å². The summed E-state index contributed by atoms with van der Waals surface area (Å²) >= 11 is 6.13. The number of benzene rings is 1. The fraction of sp³-hybridized carbons (Fsp3) is 0.133. The van der Waals surface area contributed by atoms with Crippen molar-refractivity contribution in [3.8, 4) is 0 Å². The number of aryl methyl sites for hydroxylation is 1. The average molecular weight is 316 g/mol. The maximum Gasteiger partial charge on any atom is 0.260 e. The molecule has 1 N–H and O–H groups in total. The molecule has 0 radical (unpaired) electrons. The molecule has 1 aromatic carbocycles. The lowest BCUT2D eigenvalue weighted by molar-refractivity contribution is 0.102. The van der Waals surface area contributed by atoms with Gasteiger partial charge < -0.3 is 5.32 Å². The quantitative estimate of drug-likeness (QED) is 0.804. The van der Waals surface area contributed by atoms with Gasteiger partial charge in [-0.05, 0) is 11.6 Å². The Morgan fingerprint density at radius 2 is 2.14 bits per heavy atom. The Hall–Kier alpha value is -2.60. The Balaban J connectivity index is 1.69. The monoisotopic (exact) mass is 315 g/mol. The lowest BCUT2D eigenvalue weighted by Crippen LogP contribution is -2.12. The molecule has 0 saturated carbocycles. The average Bonchev–Trinajstić information content (AvgIpc) is 3.11. The topological polar surface area (TPSA) is 64.7 Å². The number of halogens is 1. The highest BCUT2D eigenvalue weighted by Crippen LogP contribution is 2.16. The van der Waals surface area contributed by atoms with E-state index in [0.29, 0.717) is 22.9 Å². The van der Waals surface area contributed by atoms with Gasteiger partial charge in [-0.2, -0.15) is 10.2 Å². The van der Waals surface area contributed by atoms with E-state index in [4.69, 9.17) is 11.6 Å². The summed E-state index contributed by atoms with van der Waals surface area (Å²) in [5, 5.41) is 11.7. The highest BCUT2D eigenvalue weighted by Gasteiger charge is 2.10. The summed E-state index contributed by atoms with van der Waals surface area (Å²) in [7, 11) is 1.76. The van der Waals surface area contributed by atoms with Crippen molar-refractivity contribution < 1.29 is 4.79 Å². The smallest absolute Gasteiger partial charge is 0.260 e. The lowest BCUT2D eigenvalue weighted by atomic mass is 10.2. The van der Waals surface area contributed by atoms with Crippen LogP contribution in [0.25, 0.3) is 0 Å². The van der Waals surface area contributed by atoms with E-state index in [1.165, 1.54) is 6.20 Å². The summed E-state index contributed by atoms with van der Waals surface area (Å²) in [5.74, 6) is 0.247. The summed E-state index contributed by atoms with van der Waals surface area (Å²) in [6.45, 7) is 0.544. The first-order valence-electron chi connectivity index (χ1n) is 6.69. The fourth-order valence-corrected chi connectivity index (χ4v) is 2.24. The molecule has 0 unspecified atom stereocenters. The van der Waals surface area contributed by atoms with Gasteiger partial charge in [0, 0.05) is 30.5 Å². The maximum absolute atomic E-state index is 12.0. The van der Waals surface area contributed by atoms with Gasteiger partial charge in [-0.15, -0.1) is 0 Å². The minimum atomic E-state index is -0.240. The second kappa shape index (κ2) is 6.03. The number of anilines is 1. The molecule has 6 nitrogen and oxygen atoms in total. The molecular formula is C15H14ClN5O. The molecule has 2 heterocycles. The number of hydrogen-bond acceptors (Lipinski definition) is 3. The number of hydrogen-bond donors (Lipinski definition) is 1. The molecule has 112 valence electrons. The van der Waals surface area contributed by atoms with Gasteiger partial charge in [0.1, 0.15) is 0 Å². The number of nitrogens with one attached hydrogen (secondary N) is 1. The molecule has 3 rings (SSSR count). The minimum absolute atomic E-state index is 0.240. The van der Waals surface area contributed by atoms with Crippen molar-refractivity contribution in [3.63, 3.8) is 0 Å². The molecule has 0 spiro atoms. The van der Waals surface area contributed by atoms with Gasteiger partial charge in [-0.3, -0.25) is 14.2 Å².